The third-order valence-corrected chi connectivity index (χ3v) is 3.79. The maximum atomic E-state index is 11.7. The second-order valence-corrected chi connectivity index (χ2v) is 6.27. The van der Waals surface area contributed by atoms with Gasteiger partial charge in [-0.15, -0.1) is 0 Å². The molecule has 0 aromatic rings. The van der Waals surface area contributed by atoms with Gasteiger partial charge in [0.1, 0.15) is 6.23 Å². The van der Waals surface area contributed by atoms with Crippen LogP contribution >= 0.6 is 22.6 Å². The standard InChI is InChI=1S/C9H14IN3O4/c1-4-5(14)2-6(17-4)13-3-9(10,11)7(15)12-8(13)16/h4-6,14H,2-3,11H2,1H3,(H,12,15,16)/t4-,5+,6-,9?/m1/s1. The summed E-state index contributed by atoms with van der Waals surface area (Å²) >= 11 is 1.79. The summed E-state index contributed by atoms with van der Waals surface area (Å²) < 4.78 is 4.30. The number of urea groups is 1. The fraction of sp³-hybridized carbons (Fsp3) is 0.778. The van der Waals surface area contributed by atoms with Crippen molar-refractivity contribution < 1.29 is 19.4 Å². The number of hydrogen-bond donors (Lipinski definition) is 3. The van der Waals surface area contributed by atoms with Crippen LogP contribution in [0.25, 0.3) is 0 Å². The van der Waals surface area contributed by atoms with Crippen LogP contribution in [0.15, 0.2) is 0 Å². The monoisotopic (exact) mass is 355 g/mol. The van der Waals surface area contributed by atoms with Crippen molar-refractivity contribution in [2.45, 2.75) is 35.3 Å². The van der Waals surface area contributed by atoms with Crippen LogP contribution in [-0.4, -0.2) is 50.5 Å². The van der Waals surface area contributed by atoms with Crippen LogP contribution in [-0.2, 0) is 9.53 Å². The summed E-state index contributed by atoms with van der Waals surface area (Å²) in [6, 6.07) is -0.529. The maximum absolute atomic E-state index is 11.7. The van der Waals surface area contributed by atoms with Gasteiger partial charge in [0.05, 0.1) is 18.8 Å². The minimum absolute atomic E-state index is 0.0718. The minimum Gasteiger partial charge on any atom is -0.390 e. The van der Waals surface area contributed by atoms with Gasteiger partial charge in [0, 0.05) is 6.42 Å². The number of amides is 3. The van der Waals surface area contributed by atoms with Gasteiger partial charge in [-0.25, -0.2) is 4.79 Å². The van der Waals surface area contributed by atoms with Gasteiger partial charge in [0.2, 0.25) is 0 Å². The summed E-state index contributed by atoms with van der Waals surface area (Å²) in [5.74, 6) is -0.508. The highest BCUT2D eigenvalue weighted by Crippen LogP contribution is 2.27. The predicted molar refractivity (Wildman–Crippen MR) is 66.1 cm³/mol. The molecular weight excluding hydrogens is 341 g/mol. The third-order valence-electron chi connectivity index (χ3n) is 2.96. The lowest BCUT2D eigenvalue weighted by Gasteiger charge is -2.38. The van der Waals surface area contributed by atoms with Crippen molar-refractivity contribution in [2.24, 2.45) is 5.73 Å². The first-order valence-corrected chi connectivity index (χ1v) is 6.32. The number of alkyl halides is 1. The van der Waals surface area contributed by atoms with Crippen molar-refractivity contribution in [3.05, 3.63) is 0 Å². The molecule has 0 spiro atoms. The summed E-state index contributed by atoms with van der Waals surface area (Å²) in [7, 11) is 0. The molecule has 4 atom stereocenters. The zero-order valence-corrected chi connectivity index (χ0v) is 11.4. The molecule has 2 fully saturated rings. The molecule has 1 unspecified atom stereocenters. The summed E-state index contributed by atoms with van der Waals surface area (Å²) in [5.41, 5.74) is 5.77. The number of nitrogens with two attached hydrogens (primary N) is 1. The van der Waals surface area contributed by atoms with E-state index in [1.165, 1.54) is 4.90 Å². The molecule has 0 aromatic carbocycles. The first-order chi connectivity index (χ1) is 7.81. The lowest BCUT2D eigenvalue weighted by molar-refractivity contribution is -0.125. The number of hydrogen-bond acceptors (Lipinski definition) is 5. The molecule has 2 heterocycles. The van der Waals surface area contributed by atoms with Gasteiger partial charge in [-0.05, 0) is 29.5 Å². The van der Waals surface area contributed by atoms with E-state index < -0.39 is 27.8 Å². The van der Waals surface area contributed by atoms with E-state index in [9.17, 15) is 14.7 Å². The Balaban J connectivity index is 2.11. The number of carbonyl (C=O) groups is 2. The SMILES string of the molecule is C[C@H]1O[C@@H](N2CC(N)(I)C(=O)NC2=O)C[C@@H]1O. The molecule has 0 aliphatic carbocycles. The van der Waals surface area contributed by atoms with Crippen molar-refractivity contribution in [3.8, 4) is 0 Å². The summed E-state index contributed by atoms with van der Waals surface area (Å²) in [6.07, 6.45) is -1.14. The number of aliphatic hydroxyl groups excluding tert-OH is 1. The zero-order chi connectivity index (χ0) is 12.8. The Morgan fingerprint density at radius 3 is 2.82 bits per heavy atom. The van der Waals surface area contributed by atoms with E-state index in [4.69, 9.17) is 10.5 Å². The van der Waals surface area contributed by atoms with Gasteiger partial charge in [-0.2, -0.15) is 0 Å². The fourth-order valence-electron chi connectivity index (χ4n) is 1.89. The molecule has 4 N–H and O–H groups in total. The fourth-order valence-corrected chi connectivity index (χ4v) is 2.39. The molecule has 3 amide bonds. The van der Waals surface area contributed by atoms with Crippen LogP contribution in [0.4, 0.5) is 4.79 Å². The highest BCUT2D eigenvalue weighted by Gasteiger charge is 2.46. The van der Waals surface area contributed by atoms with E-state index in [0.717, 1.165) is 0 Å². The summed E-state index contributed by atoms with van der Waals surface area (Å²) in [4.78, 5) is 24.4. The highest BCUT2D eigenvalue weighted by molar-refractivity contribution is 14.1. The Labute approximate surface area is 112 Å². The average Bonchev–Trinajstić information content (AvgIpc) is 2.53. The number of ether oxygens (including phenoxy) is 1. The van der Waals surface area contributed by atoms with Gasteiger partial charge >= 0.3 is 6.03 Å². The Hall–Kier alpha value is -0.450. The van der Waals surface area contributed by atoms with Crippen LogP contribution in [0.3, 0.4) is 0 Å². The molecule has 0 bridgehead atoms. The first kappa shape index (κ1) is 13.0. The van der Waals surface area contributed by atoms with Crippen LogP contribution in [0.1, 0.15) is 13.3 Å². The van der Waals surface area contributed by atoms with Crippen LogP contribution in [0, 0.1) is 0 Å². The molecule has 2 saturated heterocycles. The Bertz CT molecular complexity index is 352. The number of imide groups is 1. The molecular formula is C9H14IN3O4. The van der Waals surface area contributed by atoms with E-state index in [-0.39, 0.29) is 12.6 Å². The van der Waals surface area contributed by atoms with Crippen LogP contribution < -0.4 is 11.1 Å². The van der Waals surface area contributed by atoms with Gasteiger partial charge in [0.15, 0.2) is 3.55 Å². The topological polar surface area (TPSA) is 105 Å². The minimum atomic E-state index is -1.16. The van der Waals surface area contributed by atoms with E-state index in [1.807, 2.05) is 0 Å². The quantitative estimate of drug-likeness (QED) is 0.322. The van der Waals surface area contributed by atoms with Crippen LogP contribution in [0.5, 0.6) is 0 Å². The molecule has 2 rings (SSSR count). The smallest absolute Gasteiger partial charge is 0.326 e. The molecule has 7 nitrogen and oxygen atoms in total. The number of nitrogens with one attached hydrogen (secondary N) is 1. The normalized spacial score (nSPS) is 42.8. The first-order valence-electron chi connectivity index (χ1n) is 5.24. The molecule has 8 heteroatoms. The molecule has 0 aromatic heterocycles. The maximum Gasteiger partial charge on any atom is 0.326 e. The number of rotatable bonds is 1. The van der Waals surface area contributed by atoms with Crippen LogP contribution in [0.2, 0.25) is 0 Å². The molecule has 0 radical (unpaired) electrons. The third kappa shape index (κ3) is 2.39. The van der Waals surface area contributed by atoms with E-state index in [2.05, 4.69) is 5.32 Å². The number of aliphatic hydroxyl groups is 1. The van der Waals surface area contributed by atoms with E-state index in [1.54, 1.807) is 29.5 Å². The number of halogens is 1. The van der Waals surface area contributed by atoms with Gasteiger partial charge < -0.3 is 15.6 Å². The van der Waals surface area contributed by atoms with E-state index in [0.29, 0.717) is 6.42 Å². The lowest BCUT2D eigenvalue weighted by Crippen LogP contribution is -2.67. The van der Waals surface area contributed by atoms with E-state index >= 15 is 0 Å². The summed E-state index contributed by atoms with van der Waals surface area (Å²) in [5, 5.41) is 11.8. The molecule has 2 aliphatic rings. The van der Waals surface area contributed by atoms with Crippen molar-refractivity contribution in [1.29, 1.82) is 0 Å². The summed E-state index contributed by atoms with van der Waals surface area (Å²) in [6.45, 7) is 1.81. The average molecular weight is 355 g/mol. The van der Waals surface area contributed by atoms with Gasteiger partial charge in [-0.3, -0.25) is 15.0 Å². The zero-order valence-electron chi connectivity index (χ0n) is 9.22. The largest absolute Gasteiger partial charge is 0.390 e. The Morgan fingerprint density at radius 1 is 1.65 bits per heavy atom. The van der Waals surface area contributed by atoms with Crippen molar-refractivity contribution in [2.75, 3.05) is 6.54 Å². The number of nitrogens with zero attached hydrogens (tertiary/aromatic N) is 1. The Morgan fingerprint density at radius 2 is 2.29 bits per heavy atom. The molecule has 2 aliphatic heterocycles. The molecule has 96 valence electrons. The highest BCUT2D eigenvalue weighted by atomic mass is 127. The second-order valence-electron chi connectivity index (χ2n) is 4.35. The Kier molecular flexibility index (Phi) is 3.31. The molecule has 17 heavy (non-hydrogen) atoms. The predicted octanol–water partition coefficient (Wildman–Crippen LogP) is -0.876. The lowest BCUT2D eigenvalue weighted by atomic mass is 10.1. The molecule has 0 saturated carbocycles. The van der Waals surface area contributed by atoms with Crippen molar-refractivity contribution in [1.82, 2.24) is 10.2 Å². The van der Waals surface area contributed by atoms with Gasteiger partial charge in [0.25, 0.3) is 5.91 Å². The number of carbonyl (C=O) groups excluding carboxylic acids is 2. The van der Waals surface area contributed by atoms with Gasteiger partial charge in [-0.1, -0.05) is 0 Å². The second kappa shape index (κ2) is 4.34. The van der Waals surface area contributed by atoms with Crippen molar-refractivity contribution in [3.63, 3.8) is 0 Å². The van der Waals surface area contributed by atoms with Crippen molar-refractivity contribution >= 4 is 34.5 Å².